The van der Waals surface area contributed by atoms with E-state index in [-0.39, 0.29) is 6.54 Å². The van der Waals surface area contributed by atoms with E-state index < -0.39 is 5.82 Å². The lowest BCUT2D eigenvalue weighted by molar-refractivity contribution is 0.610. The first-order valence-electron chi connectivity index (χ1n) is 5.39. The van der Waals surface area contributed by atoms with Crippen molar-refractivity contribution in [3.05, 3.63) is 35.1 Å². The molecule has 0 saturated heterocycles. The number of nitriles is 1. The molecule has 0 atom stereocenters. The van der Waals surface area contributed by atoms with Crippen LogP contribution >= 0.6 is 0 Å². The van der Waals surface area contributed by atoms with Gasteiger partial charge in [0.15, 0.2) is 5.96 Å². The maximum absolute atomic E-state index is 13.5. The zero-order valence-electron chi connectivity index (χ0n) is 9.70. The molecule has 0 unspecified atom stereocenters. The molecule has 0 bridgehead atoms. The van der Waals surface area contributed by atoms with E-state index in [0.29, 0.717) is 17.1 Å². The highest BCUT2D eigenvalue weighted by molar-refractivity contribution is 5.77. The summed E-state index contributed by atoms with van der Waals surface area (Å²) in [5.74, 6) is -0.133. The fourth-order valence-electron chi connectivity index (χ4n) is 1.22. The molecule has 0 aromatic heterocycles. The predicted molar refractivity (Wildman–Crippen MR) is 64.7 cm³/mol. The fourth-order valence-corrected chi connectivity index (χ4v) is 1.22. The number of nitrogens with one attached hydrogen (secondary N) is 1. The van der Waals surface area contributed by atoms with Crippen LogP contribution in [-0.4, -0.2) is 12.5 Å². The van der Waals surface area contributed by atoms with Crippen molar-refractivity contribution in [2.75, 3.05) is 6.54 Å². The molecule has 0 heterocycles. The second-order valence-electron chi connectivity index (χ2n) is 3.55. The van der Waals surface area contributed by atoms with E-state index in [1.54, 1.807) is 12.1 Å². The lowest BCUT2D eigenvalue weighted by Gasteiger charge is -2.04. The van der Waals surface area contributed by atoms with Crippen LogP contribution in [0.1, 0.15) is 24.5 Å². The van der Waals surface area contributed by atoms with Crippen molar-refractivity contribution in [1.82, 2.24) is 5.32 Å². The molecule has 5 heteroatoms. The van der Waals surface area contributed by atoms with Crippen LogP contribution in [0.25, 0.3) is 0 Å². The molecular formula is C12H15FN4. The van der Waals surface area contributed by atoms with Gasteiger partial charge in [-0.25, -0.2) is 9.38 Å². The third kappa shape index (κ3) is 4.11. The number of hydrogen-bond acceptors (Lipinski definition) is 2. The van der Waals surface area contributed by atoms with Gasteiger partial charge in [-0.1, -0.05) is 13.0 Å². The standard InChI is InChI=1S/C12H15FN4/c1-2-5-16-12(15)17-8-10-4-3-9(7-14)6-11(10)13/h3-4,6H,2,5,8H2,1H3,(H3,15,16,17). The lowest BCUT2D eigenvalue weighted by Crippen LogP contribution is -2.32. The smallest absolute Gasteiger partial charge is 0.188 e. The number of halogens is 1. The Labute approximate surface area is 100.0 Å². The molecule has 0 spiro atoms. The molecule has 0 fully saturated rings. The third-order valence-corrected chi connectivity index (χ3v) is 2.16. The van der Waals surface area contributed by atoms with Gasteiger partial charge in [0.1, 0.15) is 5.82 Å². The summed E-state index contributed by atoms with van der Waals surface area (Å²) in [6, 6.07) is 6.18. The molecule has 1 aromatic carbocycles. The van der Waals surface area contributed by atoms with Crippen molar-refractivity contribution in [3.8, 4) is 6.07 Å². The van der Waals surface area contributed by atoms with E-state index in [9.17, 15) is 4.39 Å². The number of hydrogen-bond donors (Lipinski definition) is 2. The van der Waals surface area contributed by atoms with E-state index in [1.807, 2.05) is 13.0 Å². The lowest BCUT2D eigenvalue weighted by atomic mass is 10.1. The minimum absolute atomic E-state index is 0.167. The molecule has 0 radical (unpaired) electrons. The maximum atomic E-state index is 13.5. The second kappa shape index (κ2) is 6.48. The van der Waals surface area contributed by atoms with Crippen LogP contribution in [0.2, 0.25) is 0 Å². The molecule has 0 aliphatic heterocycles. The second-order valence-corrected chi connectivity index (χ2v) is 3.55. The van der Waals surface area contributed by atoms with Crippen LogP contribution in [0, 0.1) is 17.1 Å². The monoisotopic (exact) mass is 234 g/mol. The summed E-state index contributed by atoms with van der Waals surface area (Å²) in [7, 11) is 0. The number of benzene rings is 1. The molecule has 1 aromatic rings. The zero-order chi connectivity index (χ0) is 12.7. The van der Waals surface area contributed by atoms with Gasteiger partial charge in [0.25, 0.3) is 0 Å². The largest absolute Gasteiger partial charge is 0.370 e. The van der Waals surface area contributed by atoms with E-state index in [1.165, 1.54) is 6.07 Å². The maximum Gasteiger partial charge on any atom is 0.188 e. The van der Waals surface area contributed by atoms with Crippen LogP contribution in [-0.2, 0) is 6.54 Å². The fraction of sp³-hybridized carbons (Fsp3) is 0.333. The Morgan fingerprint density at radius 2 is 2.35 bits per heavy atom. The summed E-state index contributed by atoms with van der Waals surface area (Å²) in [6.07, 6.45) is 0.946. The Kier molecular flexibility index (Phi) is 4.95. The van der Waals surface area contributed by atoms with E-state index in [2.05, 4.69) is 10.3 Å². The topological polar surface area (TPSA) is 74.2 Å². The Balaban J connectivity index is 2.66. The molecule has 0 saturated carbocycles. The third-order valence-electron chi connectivity index (χ3n) is 2.16. The highest BCUT2D eigenvalue weighted by atomic mass is 19.1. The summed E-state index contributed by atoms with van der Waals surface area (Å²) >= 11 is 0. The van der Waals surface area contributed by atoms with Gasteiger partial charge in [0, 0.05) is 12.1 Å². The van der Waals surface area contributed by atoms with Gasteiger partial charge in [-0.2, -0.15) is 5.26 Å². The highest BCUT2D eigenvalue weighted by Crippen LogP contribution is 2.10. The summed E-state index contributed by atoms with van der Waals surface area (Å²) in [4.78, 5) is 4.01. The minimum atomic E-state index is -0.434. The number of aliphatic imine (C=N–C) groups is 1. The first-order valence-corrected chi connectivity index (χ1v) is 5.39. The van der Waals surface area contributed by atoms with Gasteiger partial charge in [0.05, 0.1) is 18.2 Å². The Bertz CT molecular complexity index is 448. The molecule has 3 N–H and O–H groups in total. The molecular weight excluding hydrogens is 219 g/mol. The zero-order valence-corrected chi connectivity index (χ0v) is 9.70. The summed E-state index contributed by atoms with van der Waals surface area (Å²) in [5, 5.41) is 11.5. The van der Waals surface area contributed by atoms with Gasteiger partial charge in [-0.15, -0.1) is 0 Å². The first-order chi connectivity index (χ1) is 8.17. The Morgan fingerprint density at radius 1 is 1.59 bits per heavy atom. The summed E-state index contributed by atoms with van der Waals surface area (Å²) in [6.45, 7) is 2.92. The van der Waals surface area contributed by atoms with Crippen molar-refractivity contribution in [2.45, 2.75) is 19.9 Å². The normalized spacial score (nSPS) is 11.0. The SMILES string of the molecule is CCCNC(N)=NCc1ccc(C#N)cc1F. The number of guanidine groups is 1. The number of nitrogens with two attached hydrogens (primary N) is 1. The first kappa shape index (κ1) is 13.0. The molecule has 0 aliphatic carbocycles. The van der Waals surface area contributed by atoms with Gasteiger partial charge < -0.3 is 11.1 Å². The molecule has 17 heavy (non-hydrogen) atoms. The summed E-state index contributed by atoms with van der Waals surface area (Å²) in [5.41, 5.74) is 6.30. The molecule has 4 nitrogen and oxygen atoms in total. The Morgan fingerprint density at radius 3 is 2.94 bits per heavy atom. The number of nitrogens with zero attached hydrogens (tertiary/aromatic N) is 2. The predicted octanol–water partition coefficient (Wildman–Crippen LogP) is 1.51. The van der Waals surface area contributed by atoms with Gasteiger partial charge >= 0.3 is 0 Å². The average molecular weight is 234 g/mol. The summed E-state index contributed by atoms with van der Waals surface area (Å²) < 4.78 is 13.5. The van der Waals surface area contributed by atoms with Crippen molar-refractivity contribution in [3.63, 3.8) is 0 Å². The highest BCUT2D eigenvalue weighted by Gasteiger charge is 2.02. The minimum Gasteiger partial charge on any atom is -0.370 e. The average Bonchev–Trinajstić information content (AvgIpc) is 2.34. The molecule has 0 aliphatic rings. The van der Waals surface area contributed by atoms with E-state index in [4.69, 9.17) is 11.0 Å². The molecule has 0 amide bonds. The van der Waals surface area contributed by atoms with Crippen molar-refractivity contribution in [2.24, 2.45) is 10.7 Å². The van der Waals surface area contributed by atoms with E-state index >= 15 is 0 Å². The molecule has 90 valence electrons. The van der Waals surface area contributed by atoms with Crippen LogP contribution < -0.4 is 11.1 Å². The van der Waals surface area contributed by atoms with Crippen LogP contribution in [0.4, 0.5) is 4.39 Å². The van der Waals surface area contributed by atoms with E-state index in [0.717, 1.165) is 13.0 Å². The van der Waals surface area contributed by atoms with Gasteiger partial charge in [-0.05, 0) is 18.6 Å². The van der Waals surface area contributed by atoms with Gasteiger partial charge in [-0.3, -0.25) is 0 Å². The quantitative estimate of drug-likeness (QED) is 0.612. The van der Waals surface area contributed by atoms with Crippen LogP contribution in [0.5, 0.6) is 0 Å². The molecule has 1 rings (SSSR count). The van der Waals surface area contributed by atoms with Crippen LogP contribution in [0.3, 0.4) is 0 Å². The van der Waals surface area contributed by atoms with Crippen molar-refractivity contribution in [1.29, 1.82) is 5.26 Å². The number of rotatable bonds is 4. The van der Waals surface area contributed by atoms with Crippen molar-refractivity contribution >= 4 is 5.96 Å². The van der Waals surface area contributed by atoms with Crippen LogP contribution in [0.15, 0.2) is 23.2 Å². The van der Waals surface area contributed by atoms with Gasteiger partial charge in [0.2, 0.25) is 0 Å². The Hall–Kier alpha value is -2.09. The van der Waals surface area contributed by atoms with Crippen molar-refractivity contribution < 1.29 is 4.39 Å².